The Morgan fingerprint density at radius 3 is 2.35 bits per heavy atom. The number of benzene rings is 1. The first kappa shape index (κ1) is 19.2. The lowest BCUT2D eigenvalue weighted by Gasteiger charge is -2.19. The van der Waals surface area contributed by atoms with E-state index in [4.69, 9.17) is 9.05 Å². The maximum absolute atomic E-state index is 12.9. The highest BCUT2D eigenvalue weighted by atomic mass is 31.2. The van der Waals surface area contributed by atoms with Crippen LogP contribution < -0.4 is 10.6 Å². The highest BCUT2D eigenvalue weighted by molar-refractivity contribution is 7.60. The Morgan fingerprint density at radius 2 is 1.83 bits per heavy atom. The number of anilines is 1. The Bertz CT molecular complexity index is 577. The Hall–Kier alpha value is -1.88. The van der Waals surface area contributed by atoms with Crippen molar-refractivity contribution < 1.29 is 18.4 Å². The summed E-state index contributed by atoms with van der Waals surface area (Å²) < 4.78 is 23.4. The van der Waals surface area contributed by atoms with Crippen molar-refractivity contribution in [3.63, 3.8) is 0 Å². The average molecular weight is 338 g/mol. The average Bonchev–Trinajstić information content (AvgIpc) is 2.52. The van der Waals surface area contributed by atoms with Gasteiger partial charge in [0, 0.05) is 18.4 Å². The largest absolute Gasteiger partial charge is 0.387 e. The first-order valence-corrected chi connectivity index (χ1v) is 8.92. The van der Waals surface area contributed by atoms with Gasteiger partial charge in [-0.1, -0.05) is 24.3 Å². The van der Waals surface area contributed by atoms with Crippen LogP contribution in [0.4, 0.5) is 5.69 Å². The summed E-state index contributed by atoms with van der Waals surface area (Å²) >= 11 is 0. The van der Waals surface area contributed by atoms with E-state index in [1.807, 2.05) is 6.07 Å². The molecular formula is C16H23N2O4P. The molecule has 7 heteroatoms. The Morgan fingerprint density at radius 1 is 1.22 bits per heavy atom. The third kappa shape index (κ3) is 6.02. The van der Waals surface area contributed by atoms with E-state index in [9.17, 15) is 9.36 Å². The third-order valence-electron chi connectivity index (χ3n) is 2.66. The molecule has 2 N–H and O–H groups in total. The first-order valence-electron chi connectivity index (χ1n) is 7.38. The summed E-state index contributed by atoms with van der Waals surface area (Å²) in [5.74, 6) is -0.544. The van der Waals surface area contributed by atoms with Crippen LogP contribution in [0.5, 0.6) is 0 Å². The van der Waals surface area contributed by atoms with E-state index in [2.05, 4.69) is 17.2 Å². The molecule has 1 rings (SSSR count). The minimum Gasteiger partial charge on any atom is -0.387 e. The Kier molecular flexibility index (Phi) is 8.33. The predicted octanol–water partition coefficient (Wildman–Crippen LogP) is 3.51. The van der Waals surface area contributed by atoms with Crippen molar-refractivity contribution in [1.29, 1.82) is 0 Å². The zero-order valence-electron chi connectivity index (χ0n) is 13.5. The summed E-state index contributed by atoms with van der Waals surface area (Å²) in [6.07, 6.45) is 2.97. The molecule has 0 saturated carbocycles. The van der Waals surface area contributed by atoms with Crippen LogP contribution in [0.1, 0.15) is 13.8 Å². The molecule has 0 aliphatic heterocycles. The molecule has 0 atom stereocenters. The predicted molar refractivity (Wildman–Crippen MR) is 92.2 cm³/mol. The molecule has 1 aromatic carbocycles. The zero-order valence-corrected chi connectivity index (χ0v) is 14.3. The summed E-state index contributed by atoms with van der Waals surface area (Å²) in [6, 6.07) is 8.89. The van der Waals surface area contributed by atoms with E-state index < -0.39 is 13.5 Å². The van der Waals surface area contributed by atoms with Gasteiger partial charge in [0.15, 0.2) is 0 Å². The number of carbonyl (C=O) groups is 1. The number of para-hydroxylation sites is 1. The number of hydrogen-bond donors (Lipinski definition) is 2. The van der Waals surface area contributed by atoms with Gasteiger partial charge in [0.25, 0.3) is 5.91 Å². The molecule has 126 valence electrons. The minimum atomic E-state index is -3.71. The number of carbonyl (C=O) groups excluding carboxylic acids is 1. The van der Waals surface area contributed by atoms with Gasteiger partial charge < -0.3 is 19.7 Å². The second kappa shape index (κ2) is 10.0. The number of nitrogens with one attached hydrogen (secondary N) is 2. The van der Waals surface area contributed by atoms with Crippen molar-refractivity contribution >= 4 is 19.2 Å². The van der Waals surface area contributed by atoms with Crippen molar-refractivity contribution in [2.45, 2.75) is 13.8 Å². The highest BCUT2D eigenvalue weighted by Crippen LogP contribution is 2.56. The monoisotopic (exact) mass is 338 g/mol. The van der Waals surface area contributed by atoms with Crippen LogP contribution in [-0.4, -0.2) is 25.7 Å². The van der Waals surface area contributed by atoms with Crippen LogP contribution in [-0.2, 0) is 18.4 Å². The lowest BCUT2D eigenvalue weighted by atomic mass is 10.3. The van der Waals surface area contributed by atoms with Crippen molar-refractivity contribution in [3.05, 3.63) is 54.5 Å². The maximum Gasteiger partial charge on any atom is 0.368 e. The minimum absolute atomic E-state index is 0.0769. The second-order valence-corrected chi connectivity index (χ2v) is 6.37. The Labute approximate surface area is 137 Å². The van der Waals surface area contributed by atoms with Crippen LogP contribution in [0, 0.1) is 0 Å². The van der Waals surface area contributed by atoms with E-state index in [0.29, 0.717) is 12.2 Å². The van der Waals surface area contributed by atoms with Gasteiger partial charge in [-0.05, 0) is 26.0 Å². The second-order valence-electron chi connectivity index (χ2n) is 4.38. The molecule has 0 unspecified atom stereocenters. The lowest BCUT2D eigenvalue weighted by molar-refractivity contribution is -0.112. The van der Waals surface area contributed by atoms with Crippen molar-refractivity contribution in [3.8, 4) is 0 Å². The van der Waals surface area contributed by atoms with Gasteiger partial charge in [-0.2, -0.15) is 0 Å². The van der Waals surface area contributed by atoms with Crippen molar-refractivity contribution in [2.24, 2.45) is 0 Å². The fourth-order valence-electron chi connectivity index (χ4n) is 1.74. The van der Waals surface area contributed by atoms with Crippen LogP contribution in [0.25, 0.3) is 0 Å². The molecule has 0 aliphatic carbocycles. The van der Waals surface area contributed by atoms with Crippen LogP contribution in [0.3, 0.4) is 0 Å². The smallest absolute Gasteiger partial charge is 0.368 e. The molecule has 0 saturated heterocycles. The molecular weight excluding hydrogens is 315 g/mol. The topological polar surface area (TPSA) is 76.7 Å². The van der Waals surface area contributed by atoms with Gasteiger partial charge >= 0.3 is 7.60 Å². The third-order valence-corrected chi connectivity index (χ3v) is 4.78. The van der Waals surface area contributed by atoms with E-state index in [1.165, 1.54) is 6.20 Å². The van der Waals surface area contributed by atoms with Gasteiger partial charge in [0.2, 0.25) is 0 Å². The molecule has 0 fully saturated rings. The van der Waals surface area contributed by atoms with Gasteiger partial charge in [-0.15, -0.1) is 6.58 Å². The highest BCUT2D eigenvalue weighted by Gasteiger charge is 2.35. The van der Waals surface area contributed by atoms with E-state index in [-0.39, 0.29) is 18.5 Å². The van der Waals surface area contributed by atoms with Gasteiger partial charge in [0.05, 0.1) is 13.2 Å². The normalized spacial score (nSPS) is 11.8. The molecule has 0 aliphatic rings. The molecule has 0 bridgehead atoms. The molecule has 0 spiro atoms. The molecule has 0 radical (unpaired) electrons. The molecule has 1 amide bonds. The van der Waals surface area contributed by atoms with Crippen molar-refractivity contribution in [2.75, 3.05) is 25.1 Å². The van der Waals surface area contributed by atoms with Crippen LogP contribution in [0.15, 0.2) is 54.5 Å². The molecule has 23 heavy (non-hydrogen) atoms. The van der Waals surface area contributed by atoms with E-state index in [1.54, 1.807) is 44.2 Å². The van der Waals surface area contributed by atoms with Crippen LogP contribution in [0.2, 0.25) is 0 Å². The molecule has 0 heterocycles. The molecule has 6 nitrogen and oxygen atoms in total. The summed E-state index contributed by atoms with van der Waals surface area (Å²) in [6.45, 7) is 7.70. The van der Waals surface area contributed by atoms with Gasteiger partial charge in [-0.25, -0.2) is 0 Å². The van der Waals surface area contributed by atoms with Gasteiger partial charge in [-0.3, -0.25) is 9.36 Å². The fraction of sp³-hybridized carbons (Fsp3) is 0.312. The summed E-state index contributed by atoms with van der Waals surface area (Å²) in [5.41, 5.74) is 0.590. The summed E-state index contributed by atoms with van der Waals surface area (Å²) in [5, 5.41) is 5.46. The molecule has 0 aromatic heterocycles. The quantitative estimate of drug-likeness (QED) is 0.295. The fourth-order valence-corrected chi connectivity index (χ4v) is 3.33. The van der Waals surface area contributed by atoms with Crippen LogP contribution >= 0.6 is 7.60 Å². The molecule has 1 aromatic rings. The van der Waals surface area contributed by atoms with Gasteiger partial charge in [0.1, 0.15) is 5.31 Å². The Balaban J connectivity index is 3.07. The van der Waals surface area contributed by atoms with E-state index >= 15 is 0 Å². The standard InChI is InChI=1S/C16H23N2O4P/c1-4-12-17-13-15(23(20,21-5-2)22-6-3)16(19)18-14-10-8-7-9-11-14/h4,7-11,13,17H,1,5-6,12H2,2-3H3,(H,18,19)/b15-13-. The lowest BCUT2D eigenvalue weighted by Crippen LogP contribution is -2.19. The summed E-state index contributed by atoms with van der Waals surface area (Å²) in [4.78, 5) is 12.5. The first-order chi connectivity index (χ1) is 11.1. The SMILES string of the molecule is C=CCN/C=C(/C(=O)Nc1ccccc1)P(=O)(OCC)OCC. The number of rotatable bonds is 10. The number of hydrogen-bond acceptors (Lipinski definition) is 5. The van der Waals surface area contributed by atoms with E-state index in [0.717, 1.165) is 0 Å². The van der Waals surface area contributed by atoms with Crippen molar-refractivity contribution in [1.82, 2.24) is 5.32 Å². The zero-order chi connectivity index (χ0) is 17.1. The maximum atomic E-state index is 12.9. The summed E-state index contributed by atoms with van der Waals surface area (Å²) in [7, 11) is -3.71. The number of amides is 1.